The first-order valence-corrected chi connectivity index (χ1v) is 11.9. The highest BCUT2D eigenvalue weighted by atomic mass is 16.5. The number of methoxy groups -OCH3 is 1. The first kappa shape index (κ1) is 24.9. The summed E-state index contributed by atoms with van der Waals surface area (Å²) in [4.78, 5) is 23.0. The predicted octanol–water partition coefficient (Wildman–Crippen LogP) is 3.45. The van der Waals surface area contributed by atoms with Gasteiger partial charge in [-0.2, -0.15) is 0 Å². The van der Waals surface area contributed by atoms with Crippen LogP contribution in [0.15, 0.2) is 36.5 Å². The van der Waals surface area contributed by atoms with E-state index in [0.717, 1.165) is 56.8 Å². The molecule has 1 aliphatic heterocycles. The number of aliphatic carboxylic acids is 1. The topological polar surface area (TPSA) is 99.6 Å². The van der Waals surface area contributed by atoms with E-state index in [1.54, 1.807) is 19.4 Å². The summed E-state index contributed by atoms with van der Waals surface area (Å²) < 4.78 is 5.46. The quantitative estimate of drug-likeness (QED) is 0.373. The molecule has 8 nitrogen and oxygen atoms in total. The fourth-order valence-electron chi connectivity index (χ4n) is 4.08. The molecule has 0 aromatic carbocycles. The summed E-state index contributed by atoms with van der Waals surface area (Å²) in [5.41, 5.74) is 2.45. The summed E-state index contributed by atoms with van der Waals surface area (Å²) in [5, 5.41) is 16.1. The maximum atomic E-state index is 11.8. The van der Waals surface area contributed by atoms with Crippen LogP contribution in [0.5, 0.6) is 0 Å². The Hall–Kier alpha value is -2.71. The smallest absolute Gasteiger partial charge is 0.326 e. The number of unbranched alkanes of at least 4 members (excludes halogenated alkanes) is 1. The van der Waals surface area contributed by atoms with Crippen LogP contribution in [0.3, 0.4) is 0 Å². The molecular weight excluding hydrogens is 418 g/mol. The Labute approximate surface area is 196 Å². The van der Waals surface area contributed by atoms with Crippen LogP contribution in [0.25, 0.3) is 0 Å². The van der Waals surface area contributed by atoms with Crippen LogP contribution in [0.1, 0.15) is 43.9 Å². The lowest BCUT2D eigenvalue weighted by Crippen LogP contribution is -2.38. The van der Waals surface area contributed by atoms with Crippen molar-refractivity contribution in [1.82, 2.24) is 14.9 Å². The van der Waals surface area contributed by atoms with Gasteiger partial charge in [-0.15, -0.1) is 0 Å². The molecule has 2 aromatic heterocycles. The van der Waals surface area contributed by atoms with Crippen molar-refractivity contribution in [2.24, 2.45) is 0 Å². The molecule has 0 saturated carbocycles. The molecule has 33 heavy (non-hydrogen) atoms. The van der Waals surface area contributed by atoms with Gasteiger partial charge < -0.3 is 25.4 Å². The third-order valence-corrected chi connectivity index (χ3v) is 6.05. The molecule has 1 aliphatic rings. The van der Waals surface area contributed by atoms with Crippen molar-refractivity contribution < 1.29 is 14.6 Å². The molecule has 3 heterocycles. The molecule has 8 heteroatoms. The van der Waals surface area contributed by atoms with E-state index in [2.05, 4.69) is 32.7 Å². The summed E-state index contributed by atoms with van der Waals surface area (Å²) >= 11 is 0. The average molecular weight is 456 g/mol. The number of anilines is 2. The minimum absolute atomic E-state index is 0.0883. The van der Waals surface area contributed by atoms with Gasteiger partial charge in [-0.1, -0.05) is 12.1 Å². The molecule has 0 radical (unpaired) electrons. The lowest BCUT2D eigenvalue weighted by atomic mass is 10.1. The van der Waals surface area contributed by atoms with Gasteiger partial charge in [-0.25, -0.2) is 14.8 Å². The van der Waals surface area contributed by atoms with E-state index in [-0.39, 0.29) is 6.10 Å². The second kappa shape index (κ2) is 13.1. The number of nitrogens with one attached hydrogen (secondary N) is 2. The number of fused-ring (bicyclic) bond motifs is 1. The highest BCUT2D eigenvalue weighted by molar-refractivity contribution is 5.76. The number of hydrogen-bond donors (Lipinski definition) is 3. The van der Waals surface area contributed by atoms with Gasteiger partial charge >= 0.3 is 5.97 Å². The predicted molar refractivity (Wildman–Crippen MR) is 131 cm³/mol. The maximum absolute atomic E-state index is 11.8. The number of carboxylic acids is 1. The van der Waals surface area contributed by atoms with Gasteiger partial charge in [0.2, 0.25) is 0 Å². The Morgan fingerprint density at radius 2 is 2.15 bits per heavy atom. The van der Waals surface area contributed by atoms with Gasteiger partial charge in [0.05, 0.1) is 6.10 Å². The van der Waals surface area contributed by atoms with E-state index in [9.17, 15) is 9.90 Å². The first-order chi connectivity index (χ1) is 16.0. The molecule has 2 atom stereocenters. The van der Waals surface area contributed by atoms with Crippen LogP contribution >= 0.6 is 0 Å². The summed E-state index contributed by atoms with van der Waals surface area (Å²) in [6.45, 7) is 5.38. The molecule has 0 amide bonds. The second-order valence-electron chi connectivity index (χ2n) is 8.68. The van der Waals surface area contributed by atoms with Gasteiger partial charge in [0.15, 0.2) is 0 Å². The van der Waals surface area contributed by atoms with E-state index in [4.69, 9.17) is 9.72 Å². The molecule has 0 spiro atoms. The largest absolute Gasteiger partial charge is 0.480 e. The molecule has 0 aliphatic carbocycles. The number of carbonyl (C=O) groups is 1. The highest BCUT2D eigenvalue weighted by Crippen LogP contribution is 2.20. The molecule has 2 unspecified atom stereocenters. The molecular formula is C25H37N5O3. The first-order valence-electron chi connectivity index (χ1n) is 11.9. The average Bonchev–Trinajstić information content (AvgIpc) is 2.84. The molecule has 0 bridgehead atoms. The number of aryl methyl sites for hydroxylation is 2. The summed E-state index contributed by atoms with van der Waals surface area (Å²) in [7, 11) is 1.71. The van der Waals surface area contributed by atoms with Crippen LogP contribution < -0.4 is 10.6 Å². The summed E-state index contributed by atoms with van der Waals surface area (Å²) in [5.74, 6) is 0.760. The van der Waals surface area contributed by atoms with E-state index >= 15 is 0 Å². The van der Waals surface area contributed by atoms with Crippen molar-refractivity contribution in [1.29, 1.82) is 0 Å². The van der Waals surface area contributed by atoms with Crippen LogP contribution in [0.2, 0.25) is 0 Å². The Morgan fingerprint density at radius 3 is 2.91 bits per heavy atom. The minimum Gasteiger partial charge on any atom is -0.480 e. The highest BCUT2D eigenvalue weighted by Gasteiger charge is 2.20. The SMILES string of the molecule is COC(C)CN(CCCCc1ccc2c(n1)NCCC2)CCC(Nc1ccccn1)C(=O)O. The van der Waals surface area contributed by atoms with E-state index < -0.39 is 12.0 Å². The lowest BCUT2D eigenvalue weighted by molar-refractivity contribution is -0.138. The van der Waals surface area contributed by atoms with E-state index in [1.165, 1.54) is 12.0 Å². The van der Waals surface area contributed by atoms with Gasteiger partial charge in [-0.05, 0) is 75.8 Å². The Balaban J connectivity index is 1.48. The van der Waals surface area contributed by atoms with Crippen molar-refractivity contribution in [2.45, 2.75) is 57.6 Å². The second-order valence-corrected chi connectivity index (χ2v) is 8.68. The van der Waals surface area contributed by atoms with Crippen LogP contribution in [-0.4, -0.2) is 71.4 Å². The zero-order chi connectivity index (χ0) is 23.5. The fourth-order valence-corrected chi connectivity index (χ4v) is 4.08. The third-order valence-electron chi connectivity index (χ3n) is 6.05. The summed E-state index contributed by atoms with van der Waals surface area (Å²) in [6, 6.07) is 9.10. The van der Waals surface area contributed by atoms with Gasteiger partial charge in [0.1, 0.15) is 17.7 Å². The zero-order valence-corrected chi connectivity index (χ0v) is 19.8. The maximum Gasteiger partial charge on any atom is 0.326 e. The molecule has 0 saturated heterocycles. The molecule has 2 aromatic rings. The number of ether oxygens (including phenoxy) is 1. The molecule has 3 N–H and O–H groups in total. The van der Waals surface area contributed by atoms with Gasteiger partial charge in [-0.3, -0.25) is 0 Å². The third kappa shape index (κ3) is 8.29. The number of carboxylic acid groups (broad SMARTS) is 1. The number of hydrogen-bond acceptors (Lipinski definition) is 7. The molecule has 180 valence electrons. The van der Waals surface area contributed by atoms with Gasteiger partial charge in [0.25, 0.3) is 0 Å². The number of pyridine rings is 2. The summed E-state index contributed by atoms with van der Waals surface area (Å²) in [6.07, 6.45) is 7.51. The fraction of sp³-hybridized carbons (Fsp3) is 0.560. The minimum atomic E-state index is -0.868. The number of nitrogens with zero attached hydrogens (tertiary/aromatic N) is 3. The molecule has 3 rings (SSSR count). The van der Waals surface area contributed by atoms with Crippen LogP contribution in [0, 0.1) is 0 Å². The standard InChI is InChI=1S/C25H37N5O3/c1-19(33-2)18-30(17-13-22(25(31)32)29-23-10-3-5-14-26-23)16-6-4-9-21-12-11-20-8-7-15-27-24(20)28-21/h3,5,10-12,14,19,22H,4,6-9,13,15-18H2,1-2H3,(H,26,29)(H,27,28)(H,31,32). The van der Waals surface area contributed by atoms with Crippen molar-refractivity contribution >= 4 is 17.6 Å². The zero-order valence-electron chi connectivity index (χ0n) is 19.8. The monoisotopic (exact) mass is 455 g/mol. The van der Waals surface area contributed by atoms with Gasteiger partial charge in [0, 0.05) is 38.6 Å². The van der Waals surface area contributed by atoms with E-state index in [0.29, 0.717) is 18.8 Å². The van der Waals surface area contributed by atoms with Crippen molar-refractivity contribution in [3.05, 3.63) is 47.8 Å². The van der Waals surface area contributed by atoms with Crippen LogP contribution in [0.4, 0.5) is 11.6 Å². The Kier molecular flexibility index (Phi) is 9.90. The Bertz CT molecular complexity index is 864. The normalized spacial score (nSPS) is 14.9. The van der Waals surface area contributed by atoms with Crippen molar-refractivity contribution in [3.8, 4) is 0 Å². The van der Waals surface area contributed by atoms with Crippen molar-refractivity contribution in [3.63, 3.8) is 0 Å². The lowest BCUT2D eigenvalue weighted by Gasteiger charge is -2.26. The number of aromatic nitrogens is 2. The molecule has 0 fully saturated rings. The number of rotatable bonds is 14. The van der Waals surface area contributed by atoms with E-state index in [1.807, 2.05) is 19.1 Å². The van der Waals surface area contributed by atoms with Crippen molar-refractivity contribution in [2.75, 3.05) is 43.9 Å². The Morgan fingerprint density at radius 1 is 1.27 bits per heavy atom. The van der Waals surface area contributed by atoms with Crippen LogP contribution in [-0.2, 0) is 22.4 Å².